The summed E-state index contributed by atoms with van der Waals surface area (Å²) in [5, 5.41) is 0.793. The van der Waals surface area contributed by atoms with Crippen LogP contribution in [0.1, 0.15) is 25.8 Å². The minimum atomic E-state index is 0.684. The maximum Gasteiger partial charge on any atom is 0.119 e. The van der Waals surface area contributed by atoms with E-state index in [0.29, 0.717) is 5.92 Å². The van der Waals surface area contributed by atoms with Gasteiger partial charge in [-0.25, -0.2) is 0 Å². The molecule has 78 valence electrons. The van der Waals surface area contributed by atoms with E-state index in [0.717, 1.165) is 29.4 Å². The van der Waals surface area contributed by atoms with Gasteiger partial charge in [0.25, 0.3) is 0 Å². The molecule has 0 amide bonds. The van der Waals surface area contributed by atoms with Gasteiger partial charge in [-0.05, 0) is 43.0 Å². The van der Waals surface area contributed by atoms with E-state index in [2.05, 4.69) is 13.8 Å². The second-order valence-electron chi connectivity index (χ2n) is 3.94. The average molecular weight is 213 g/mol. The molecule has 14 heavy (non-hydrogen) atoms. The van der Waals surface area contributed by atoms with E-state index in [1.165, 1.54) is 0 Å². The highest BCUT2D eigenvalue weighted by molar-refractivity contribution is 6.31. The van der Waals surface area contributed by atoms with Gasteiger partial charge in [0, 0.05) is 5.02 Å². The van der Waals surface area contributed by atoms with Crippen molar-refractivity contribution in [3.05, 3.63) is 28.8 Å². The Morgan fingerprint density at radius 2 is 2.07 bits per heavy atom. The van der Waals surface area contributed by atoms with Crippen molar-refractivity contribution in [1.29, 1.82) is 0 Å². The lowest BCUT2D eigenvalue weighted by atomic mass is 10.1. The van der Waals surface area contributed by atoms with Crippen LogP contribution in [-0.2, 0) is 0 Å². The van der Waals surface area contributed by atoms with Crippen LogP contribution in [0.3, 0.4) is 0 Å². The quantitative estimate of drug-likeness (QED) is 0.731. The number of hydrogen-bond acceptors (Lipinski definition) is 1. The van der Waals surface area contributed by atoms with E-state index in [1.54, 1.807) is 0 Å². The van der Waals surface area contributed by atoms with Crippen LogP contribution in [0.25, 0.3) is 0 Å². The molecule has 0 aliphatic carbocycles. The molecule has 0 heterocycles. The summed E-state index contributed by atoms with van der Waals surface area (Å²) in [6.45, 7) is 7.14. The van der Waals surface area contributed by atoms with Crippen molar-refractivity contribution in [3.8, 4) is 5.75 Å². The molecular weight excluding hydrogens is 196 g/mol. The first-order chi connectivity index (χ1) is 6.59. The first kappa shape index (κ1) is 11.4. The zero-order valence-electron chi connectivity index (χ0n) is 9.01. The molecule has 0 saturated heterocycles. The Balaban J connectivity index is 2.47. The Hall–Kier alpha value is -0.690. The van der Waals surface area contributed by atoms with Gasteiger partial charge in [-0.15, -0.1) is 0 Å². The zero-order valence-corrected chi connectivity index (χ0v) is 9.77. The summed E-state index contributed by atoms with van der Waals surface area (Å²) in [5.41, 5.74) is 1.06. The molecule has 1 aromatic carbocycles. The van der Waals surface area contributed by atoms with Crippen molar-refractivity contribution in [2.75, 3.05) is 6.61 Å². The monoisotopic (exact) mass is 212 g/mol. The SMILES string of the molecule is Cc1cc(OCCC(C)C)ccc1Cl. The summed E-state index contributed by atoms with van der Waals surface area (Å²) in [6.07, 6.45) is 1.08. The third kappa shape index (κ3) is 3.59. The topological polar surface area (TPSA) is 9.23 Å². The third-order valence-electron chi connectivity index (χ3n) is 2.09. The van der Waals surface area contributed by atoms with Gasteiger partial charge in [-0.2, -0.15) is 0 Å². The van der Waals surface area contributed by atoms with Gasteiger partial charge in [0.15, 0.2) is 0 Å². The Kier molecular flexibility index (Phi) is 4.27. The van der Waals surface area contributed by atoms with Crippen LogP contribution in [0.5, 0.6) is 5.75 Å². The molecule has 0 aromatic heterocycles. The molecule has 0 unspecified atom stereocenters. The Labute approximate surface area is 91.0 Å². The van der Waals surface area contributed by atoms with E-state index >= 15 is 0 Å². The van der Waals surface area contributed by atoms with Gasteiger partial charge in [0.2, 0.25) is 0 Å². The number of hydrogen-bond donors (Lipinski definition) is 0. The highest BCUT2D eigenvalue weighted by Crippen LogP contribution is 2.21. The fourth-order valence-electron chi connectivity index (χ4n) is 1.12. The molecule has 0 fully saturated rings. The molecule has 0 radical (unpaired) electrons. The minimum Gasteiger partial charge on any atom is -0.494 e. The summed E-state index contributed by atoms with van der Waals surface area (Å²) < 4.78 is 5.59. The lowest BCUT2D eigenvalue weighted by molar-refractivity contribution is 0.289. The van der Waals surface area contributed by atoms with Crippen LogP contribution in [0.4, 0.5) is 0 Å². The molecule has 0 aliphatic rings. The molecule has 0 bridgehead atoms. The van der Waals surface area contributed by atoms with Crippen LogP contribution in [0.15, 0.2) is 18.2 Å². The van der Waals surface area contributed by atoms with Gasteiger partial charge in [-0.3, -0.25) is 0 Å². The van der Waals surface area contributed by atoms with Gasteiger partial charge < -0.3 is 4.74 Å². The summed E-state index contributed by atoms with van der Waals surface area (Å²) in [4.78, 5) is 0. The first-order valence-corrected chi connectivity index (χ1v) is 5.36. The van der Waals surface area contributed by atoms with Gasteiger partial charge in [-0.1, -0.05) is 25.4 Å². The fourth-order valence-corrected chi connectivity index (χ4v) is 1.24. The molecule has 1 aromatic rings. The van der Waals surface area contributed by atoms with Crippen LogP contribution in [0, 0.1) is 12.8 Å². The summed E-state index contributed by atoms with van der Waals surface area (Å²) in [5.74, 6) is 1.59. The standard InChI is InChI=1S/C12H17ClO/c1-9(2)6-7-14-11-4-5-12(13)10(3)8-11/h4-5,8-9H,6-7H2,1-3H3. The number of benzene rings is 1. The fraction of sp³-hybridized carbons (Fsp3) is 0.500. The third-order valence-corrected chi connectivity index (χ3v) is 2.52. The molecule has 2 heteroatoms. The Morgan fingerprint density at radius 1 is 1.36 bits per heavy atom. The normalized spacial score (nSPS) is 10.6. The van der Waals surface area contributed by atoms with Crippen molar-refractivity contribution in [2.24, 2.45) is 5.92 Å². The van der Waals surface area contributed by atoms with Crippen LogP contribution >= 0.6 is 11.6 Å². The average Bonchev–Trinajstić information content (AvgIpc) is 2.10. The smallest absolute Gasteiger partial charge is 0.119 e. The summed E-state index contributed by atoms with van der Waals surface area (Å²) in [7, 11) is 0. The first-order valence-electron chi connectivity index (χ1n) is 4.98. The lowest BCUT2D eigenvalue weighted by Crippen LogP contribution is -2.01. The highest BCUT2D eigenvalue weighted by atomic mass is 35.5. The number of aryl methyl sites for hydroxylation is 1. The molecule has 0 saturated carbocycles. The Bertz CT molecular complexity index is 294. The van der Waals surface area contributed by atoms with Crippen molar-refractivity contribution >= 4 is 11.6 Å². The lowest BCUT2D eigenvalue weighted by Gasteiger charge is -2.08. The van der Waals surface area contributed by atoms with Crippen LogP contribution in [0.2, 0.25) is 5.02 Å². The van der Waals surface area contributed by atoms with Crippen LogP contribution < -0.4 is 4.74 Å². The minimum absolute atomic E-state index is 0.684. The van der Waals surface area contributed by atoms with Crippen molar-refractivity contribution in [1.82, 2.24) is 0 Å². The van der Waals surface area contributed by atoms with Crippen molar-refractivity contribution < 1.29 is 4.74 Å². The van der Waals surface area contributed by atoms with Crippen molar-refractivity contribution in [2.45, 2.75) is 27.2 Å². The van der Waals surface area contributed by atoms with Gasteiger partial charge >= 0.3 is 0 Å². The largest absolute Gasteiger partial charge is 0.494 e. The van der Waals surface area contributed by atoms with E-state index in [4.69, 9.17) is 16.3 Å². The second kappa shape index (κ2) is 5.26. The Morgan fingerprint density at radius 3 is 2.64 bits per heavy atom. The van der Waals surface area contributed by atoms with E-state index in [9.17, 15) is 0 Å². The molecule has 1 nitrogen and oxygen atoms in total. The molecular formula is C12H17ClO. The number of halogens is 1. The van der Waals surface area contributed by atoms with Gasteiger partial charge in [0.1, 0.15) is 5.75 Å². The van der Waals surface area contributed by atoms with Gasteiger partial charge in [0.05, 0.1) is 6.61 Å². The predicted molar refractivity (Wildman–Crippen MR) is 61.1 cm³/mol. The molecule has 0 N–H and O–H groups in total. The highest BCUT2D eigenvalue weighted by Gasteiger charge is 1.99. The summed E-state index contributed by atoms with van der Waals surface area (Å²) in [6, 6.07) is 5.76. The summed E-state index contributed by atoms with van der Waals surface area (Å²) >= 11 is 5.91. The molecule has 0 aliphatic heterocycles. The van der Waals surface area contributed by atoms with Crippen LogP contribution in [-0.4, -0.2) is 6.61 Å². The number of ether oxygens (including phenoxy) is 1. The predicted octanol–water partition coefficient (Wildman–Crippen LogP) is 4.07. The van der Waals surface area contributed by atoms with E-state index in [-0.39, 0.29) is 0 Å². The molecule has 0 atom stereocenters. The van der Waals surface area contributed by atoms with E-state index in [1.807, 2.05) is 25.1 Å². The maximum atomic E-state index is 5.91. The second-order valence-corrected chi connectivity index (χ2v) is 4.35. The maximum absolute atomic E-state index is 5.91. The number of rotatable bonds is 4. The van der Waals surface area contributed by atoms with Crippen molar-refractivity contribution in [3.63, 3.8) is 0 Å². The van der Waals surface area contributed by atoms with E-state index < -0.39 is 0 Å². The molecule has 1 rings (SSSR count). The molecule has 0 spiro atoms. The zero-order chi connectivity index (χ0) is 10.6.